The maximum Gasteiger partial charge on any atom is 0.262 e. The second-order valence-corrected chi connectivity index (χ2v) is 7.08. The van der Waals surface area contributed by atoms with E-state index in [9.17, 15) is 10.1 Å². The van der Waals surface area contributed by atoms with Gasteiger partial charge in [-0.2, -0.15) is 10.4 Å². The minimum atomic E-state index is -0.330. The summed E-state index contributed by atoms with van der Waals surface area (Å²) >= 11 is 0. The minimum Gasteiger partial charge on any atom is -0.349 e. The number of para-hydroxylation sites is 1. The van der Waals surface area contributed by atoms with Crippen molar-refractivity contribution in [3.63, 3.8) is 0 Å². The van der Waals surface area contributed by atoms with E-state index in [4.69, 9.17) is 5.10 Å². The van der Waals surface area contributed by atoms with Crippen LogP contribution in [0, 0.1) is 11.3 Å². The van der Waals surface area contributed by atoms with E-state index in [1.807, 2.05) is 54.7 Å². The topological polar surface area (TPSA) is 83.6 Å². The molecule has 0 radical (unpaired) electrons. The number of carbonyl (C=O) groups is 1. The Morgan fingerprint density at radius 1 is 1.17 bits per heavy atom. The van der Waals surface area contributed by atoms with Gasteiger partial charge in [0.2, 0.25) is 0 Å². The lowest BCUT2D eigenvalue weighted by Gasteiger charge is -2.10. The SMILES string of the molecule is N#C/C(=C\c1cn(-c2ccccc2)nc1-c1cccnc1)C(=O)NC1CCCC1. The number of hydrogen-bond donors (Lipinski definition) is 1. The minimum absolute atomic E-state index is 0.0784. The zero-order chi connectivity index (χ0) is 20.1. The van der Waals surface area contributed by atoms with Crippen LogP contribution in [0.2, 0.25) is 0 Å². The van der Waals surface area contributed by atoms with Crippen molar-refractivity contribution < 1.29 is 4.79 Å². The van der Waals surface area contributed by atoms with Gasteiger partial charge in [0.1, 0.15) is 17.3 Å². The predicted octanol–water partition coefficient (Wildman–Crippen LogP) is 3.90. The molecule has 0 unspecified atom stereocenters. The highest BCUT2D eigenvalue weighted by atomic mass is 16.1. The van der Waals surface area contributed by atoms with Gasteiger partial charge < -0.3 is 5.32 Å². The van der Waals surface area contributed by atoms with E-state index in [1.165, 1.54) is 0 Å². The molecule has 0 aliphatic heterocycles. The van der Waals surface area contributed by atoms with Crippen LogP contribution >= 0.6 is 0 Å². The van der Waals surface area contributed by atoms with Crippen LogP contribution in [0.1, 0.15) is 31.2 Å². The summed E-state index contributed by atoms with van der Waals surface area (Å²) in [6, 6.07) is 15.7. The molecule has 0 saturated heterocycles. The molecular weight excluding hydrogens is 362 g/mol. The van der Waals surface area contributed by atoms with E-state index >= 15 is 0 Å². The first-order chi connectivity index (χ1) is 14.2. The first-order valence-electron chi connectivity index (χ1n) is 9.73. The van der Waals surface area contributed by atoms with Crippen molar-refractivity contribution in [1.82, 2.24) is 20.1 Å². The first kappa shape index (κ1) is 18.6. The Balaban J connectivity index is 1.72. The molecule has 4 rings (SSSR count). The monoisotopic (exact) mass is 383 g/mol. The second kappa shape index (κ2) is 8.53. The summed E-state index contributed by atoms with van der Waals surface area (Å²) in [5.74, 6) is -0.330. The van der Waals surface area contributed by atoms with Crippen LogP contribution in [-0.4, -0.2) is 26.7 Å². The van der Waals surface area contributed by atoms with Crippen molar-refractivity contribution in [3.8, 4) is 23.0 Å². The molecule has 144 valence electrons. The van der Waals surface area contributed by atoms with Crippen LogP contribution < -0.4 is 5.32 Å². The summed E-state index contributed by atoms with van der Waals surface area (Å²) in [6.07, 6.45) is 11.0. The van der Waals surface area contributed by atoms with E-state index in [2.05, 4.69) is 10.3 Å². The molecule has 0 bridgehead atoms. The van der Waals surface area contributed by atoms with Crippen molar-refractivity contribution in [3.05, 3.63) is 72.2 Å². The lowest BCUT2D eigenvalue weighted by molar-refractivity contribution is -0.117. The van der Waals surface area contributed by atoms with Gasteiger partial charge in [0.05, 0.1) is 5.69 Å². The van der Waals surface area contributed by atoms with Gasteiger partial charge >= 0.3 is 0 Å². The van der Waals surface area contributed by atoms with Gasteiger partial charge in [-0.3, -0.25) is 9.78 Å². The van der Waals surface area contributed by atoms with Crippen LogP contribution in [-0.2, 0) is 4.79 Å². The summed E-state index contributed by atoms with van der Waals surface area (Å²) in [5, 5.41) is 17.3. The maximum absolute atomic E-state index is 12.6. The predicted molar refractivity (Wildman–Crippen MR) is 111 cm³/mol. The summed E-state index contributed by atoms with van der Waals surface area (Å²) in [4.78, 5) is 16.8. The quantitative estimate of drug-likeness (QED) is 0.535. The Hall–Kier alpha value is -3.72. The van der Waals surface area contributed by atoms with Crippen LogP contribution in [0.25, 0.3) is 23.0 Å². The average molecular weight is 383 g/mol. The van der Waals surface area contributed by atoms with Crippen molar-refractivity contribution >= 4 is 12.0 Å². The Bertz CT molecular complexity index is 1060. The van der Waals surface area contributed by atoms with Crippen molar-refractivity contribution in [1.29, 1.82) is 5.26 Å². The molecule has 1 aliphatic rings. The van der Waals surface area contributed by atoms with Crippen molar-refractivity contribution in [2.75, 3.05) is 0 Å². The third kappa shape index (κ3) is 4.25. The third-order valence-corrected chi connectivity index (χ3v) is 5.05. The van der Waals surface area contributed by atoms with Gasteiger partial charge in [-0.15, -0.1) is 0 Å². The normalized spacial score (nSPS) is 14.5. The molecule has 2 heterocycles. The third-order valence-electron chi connectivity index (χ3n) is 5.05. The Morgan fingerprint density at radius 3 is 2.66 bits per heavy atom. The largest absolute Gasteiger partial charge is 0.349 e. The number of rotatable bonds is 5. The second-order valence-electron chi connectivity index (χ2n) is 7.08. The van der Waals surface area contributed by atoms with Crippen LogP contribution in [0.4, 0.5) is 0 Å². The molecule has 1 aliphatic carbocycles. The molecule has 29 heavy (non-hydrogen) atoms. The van der Waals surface area contributed by atoms with E-state index in [1.54, 1.807) is 23.2 Å². The number of hydrogen-bond acceptors (Lipinski definition) is 4. The number of aromatic nitrogens is 3. The van der Waals surface area contributed by atoms with Gasteiger partial charge in [0.25, 0.3) is 5.91 Å². The Labute approximate surface area is 169 Å². The smallest absolute Gasteiger partial charge is 0.262 e. The van der Waals surface area contributed by atoms with Crippen molar-refractivity contribution in [2.24, 2.45) is 0 Å². The zero-order valence-electron chi connectivity index (χ0n) is 16.0. The standard InChI is InChI=1S/C23H21N5O/c24-14-18(23(29)26-20-8-4-5-9-20)13-19-16-28(21-10-2-1-3-11-21)27-22(19)17-7-6-12-25-15-17/h1-3,6-7,10-13,15-16,20H,4-5,8-9H2,(H,26,29)/b18-13+. The highest BCUT2D eigenvalue weighted by Gasteiger charge is 2.20. The lowest BCUT2D eigenvalue weighted by Crippen LogP contribution is -2.33. The van der Waals surface area contributed by atoms with Crippen molar-refractivity contribution in [2.45, 2.75) is 31.7 Å². The van der Waals surface area contributed by atoms with E-state index < -0.39 is 0 Å². The summed E-state index contributed by atoms with van der Waals surface area (Å²) < 4.78 is 1.75. The number of benzene rings is 1. The number of nitrogens with zero attached hydrogens (tertiary/aromatic N) is 4. The van der Waals surface area contributed by atoms with Crippen LogP contribution in [0.15, 0.2) is 66.6 Å². The fourth-order valence-corrected chi connectivity index (χ4v) is 3.57. The Kier molecular flexibility index (Phi) is 5.48. The highest BCUT2D eigenvalue weighted by Crippen LogP contribution is 2.25. The van der Waals surface area contributed by atoms with Gasteiger partial charge in [0.15, 0.2) is 0 Å². The van der Waals surface area contributed by atoms with E-state index in [0.717, 1.165) is 36.9 Å². The van der Waals surface area contributed by atoms with Crippen LogP contribution in [0.3, 0.4) is 0 Å². The molecule has 2 aromatic heterocycles. The molecule has 0 spiro atoms. The molecule has 1 fully saturated rings. The number of nitriles is 1. The fraction of sp³-hybridized carbons (Fsp3) is 0.217. The lowest BCUT2D eigenvalue weighted by atomic mass is 10.1. The molecule has 0 atom stereocenters. The van der Waals surface area contributed by atoms with Gasteiger partial charge in [-0.25, -0.2) is 4.68 Å². The highest BCUT2D eigenvalue weighted by molar-refractivity contribution is 6.02. The first-order valence-corrected chi connectivity index (χ1v) is 9.73. The molecule has 1 aromatic carbocycles. The van der Waals surface area contributed by atoms with E-state index in [-0.39, 0.29) is 17.5 Å². The summed E-state index contributed by atoms with van der Waals surface area (Å²) in [6.45, 7) is 0. The average Bonchev–Trinajstić information content (AvgIpc) is 3.43. The molecule has 1 N–H and O–H groups in total. The van der Waals surface area contributed by atoms with Gasteiger partial charge in [-0.1, -0.05) is 31.0 Å². The fourth-order valence-electron chi connectivity index (χ4n) is 3.57. The number of amides is 1. The van der Waals surface area contributed by atoms with Gasteiger partial charge in [0, 0.05) is 35.8 Å². The molecule has 1 saturated carbocycles. The molecule has 6 heteroatoms. The molecule has 1 amide bonds. The number of carbonyl (C=O) groups excluding carboxylic acids is 1. The Morgan fingerprint density at radius 2 is 1.97 bits per heavy atom. The molecule has 3 aromatic rings. The zero-order valence-corrected chi connectivity index (χ0v) is 16.0. The number of pyridine rings is 1. The maximum atomic E-state index is 12.6. The summed E-state index contributed by atoms with van der Waals surface area (Å²) in [7, 11) is 0. The summed E-state index contributed by atoms with van der Waals surface area (Å²) in [5.41, 5.74) is 3.16. The van der Waals surface area contributed by atoms with Crippen LogP contribution in [0.5, 0.6) is 0 Å². The van der Waals surface area contributed by atoms with Gasteiger partial charge in [-0.05, 0) is 43.2 Å². The molecule has 6 nitrogen and oxygen atoms in total. The van der Waals surface area contributed by atoms with E-state index in [0.29, 0.717) is 11.3 Å². The number of nitrogens with one attached hydrogen (secondary N) is 1. The molecular formula is C23H21N5O.